The van der Waals surface area contributed by atoms with Crippen molar-refractivity contribution < 1.29 is 4.79 Å². The van der Waals surface area contributed by atoms with E-state index in [0.717, 1.165) is 4.88 Å². The maximum atomic E-state index is 11.9. The quantitative estimate of drug-likeness (QED) is 0.825. The monoisotopic (exact) mass is 356 g/mol. The molecule has 0 spiro atoms. The third-order valence-corrected chi connectivity index (χ3v) is 4.61. The number of benzene rings is 1. The van der Waals surface area contributed by atoms with E-state index in [1.165, 1.54) is 23.3 Å². The highest BCUT2D eigenvalue weighted by molar-refractivity contribution is 8.18. The molecule has 2 heterocycles. The molecule has 1 aliphatic rings. The van der Waals surface area contributed by atoms with Gasteiger partial charge in [0.1, 0.15) is 0 Å². The second kappa shape index (κ2) is 6.15. The van der Waals surface area contributed by atoms with Crippen molar-refractivity contribution in [3.63, 3.8) is 0 Å². The Morgan fingerprint density at radius 3 is 2.67 bits per heavy atom. The summed E-state index contributed by atoms with van der Waals surface area (Å²) >= 11 is 14.6. The molecule has 0 unspecified atom stereocenters. The maximum Gasteiger partial charge on any atom is 0.286 e. The van der Waals surface area contributed by atoms with Gasteiger partial charge in [0.2, 0.25) is 0 Å². The number of halogens is 2. The molecule has 0 bridgehead atoms. The number of thioether (sulfide) groups is 1. The standard InChI is InChI=1S/C12H6Cl2N4OS2/c13-7-2-1-3-8(14)10(7)16-12-17-11(19)9(20-12)4-6-5-15-18-21-6/h1-5H,(H,16,17,19)/b9-4-. The summed E-state index contributed by atoms with van der Waals surface area (Å²) in [6.07, 6.45) is 3.28. The first kappa shape index (κ1) is 14.5. The molecule has 0 radical (unpaired) electrons. The van der Waals surface area contributed by atoms with Crippen molar-refractivity contribution in [2.24, 2.45) is 4.99 Å². The molecule has 1 aliphatic heterocycles. The Morgan fingerprint density at radius 1 is 1.24 bits per heavy atom. The van der Waals surface area contributed by atoms with E-state index in [9.17, 15) is 4.79 Å². The molecule has 0 aliphatic carbocycles. The minimum absolute atomic E-state index is 0.320. The summed E-state index contributed by atoms with van der Waals surface area (Å²) in [6.45, 7) is 0. The summed E-state index contributed by atoms with van der Waals surface area (Å²) in [5.41, 5.74) is 0.528. The van der Waals surface area contributed by atoms with Crippen molar-refractivity contribution in [1.82, 2.24) is 9.59 Å². The zero-order valence-electron chi connectivity index (χ0n) is 10.2. The van der Waals surface area contributed by atoms with Gasteiger partial charge in [0.25, 0.3) is 5.91 Å². The number of carbonyl (C=O) groups excluding carboxylic acids is 1. The largest absolute Gasteiger partial charge is 0.332 e. The lowest BCUT2D eigenvalue weighted by atomic mass is 10.3. The molecule has 1 amide bonds. The highest BCUT2D eigenvalue weighted by Gasteiger charge is 2.23. The normalized spacial score (nSPS) is 16.4. The average molecular weight is 357 g/mol. The van der Waals surface area contributed by atoms with Gasteiger partial charge >= 0.3 is 0 Å². The summed E-state index contributed by atoms with van der Waals surface area (Å²) in [5.74, 6) is -0.320. The Balaban J connectivity index is 1.80. The van der Waals surface area contributed by atoms with Gasteiger partial charge in [-0.05, 0) is 41.5 Å². The van der Waals surface area contributed by atoms with Crippen molar-refractivity contribution in [2.75, 3.05) is 5.32 Å². The molecule has 106 valence electrons. The number of amidine groups is 1. The Morgan fingerprint density at radius 2 is 2.00 bits per heavy atom. The first-order valence-corrected chi connectivity index (χ1v) is 7.99. The SMILES string of the molecule is O=C1N=C(Nc2c(Cl)cccc2Cl)S/C1=C\c1cnns1. The number of hydrogen-bond acceptors (Lipinski definition) is 6. The number of rotatable bonds is 2. The third-order valence-electron chi connectivity index (χ3n) is 2.47. The Kier molecular flexibility index (Phi) is 4.25. The molecule has 5 nitrogen and oxygen atoms in total. The van der Waals surface area contributed by atoms with Crippen LogP contribution >= 0.6 is 46.5 Å². The number of carbonyl (C=O) groups is 1. The minimum atomic E-state index is -0.320. The number of hydrogen-bond donors (Lipinski definition) is 1. The van der Waals surface area contributed by atoms with Gasteiger partial charge in [0.15, 0.2) is 5.17 Å². The van der Waals surface area contributed by atoms with Gasteiger partial charge < -0.3 is 5.32 Å². The predicted octanol–water partition coefficient (Wildman–Crippen LogP) is 3.93. The summed E-state index contributed by atoms with van der Waals surface area (Å²) in [6, 6.07) is 5.15. The smallest absolute Gasteiger partial charge is 0.286 e. The van der Waals surface area contributed by atoms with Gasteiger partial charge in [0, 0.05) is 0 Å². The Labute approximate surface area is 138 Å². The van der Waals surface area contributed by atoms with Crippen LogP contribution in [0.3, 0.4) is 0 Å². The number of nitrogens with one attached hydrogen (secondary N) is 1. The topological polar surface area (TPSA) is 67.2 Å². The van der Waals surface area contributed by atoms with Gasteiger partial charge in [-0.25, -0.2) is 0 Å². The van der Waals surface area contributed by atoms with Crippen LogP contribution in [0, 0.1) is 0 Å². The number of aliphatic imine (C=N–C) groups is 1. The van der Waals surface area contributed by atoms with Crippen molar-refractivity contribution >= 4 is 69.3 Å². The van der Waals surface area contributed by atoms with E-state index in [1.54, 1.807) is 30.5 Å². The van der Waals surface area contributed by atoms with E-state index in [4.69, 9.17) is 23.2 Å². The average Bonchev–Trinajstić information content (AvgIpc) is 3.06. The first-order valence-electron chi connectivity index (χ1n) is 5.64. The van der Waals surface area contributed by atoms with Crippen LogP contribution in [0.4, 0.5) is 5.69 Å². The van der Waals surface area contributed by atoms with Crippen LogP contribution < -0.4 is 5.32 Å². The number of aromatic nitrogens is 2. The highest BCUT2D eigenvalue weighted by Crippen LogP contribution is 2.34. The third kappa shape index (κ3) is 3.26. The number of nitrogens with zero attached hydrogens (tertiary/aromatic N) is 3. The summed E-state index contributed by atoms with van der Waals surface area (Å²) in [7, 11) is 0. The fourth-order valence-corrected chi connectivity index (χ4v) is 3.38. The summed E-state index contributed by atoms with van der Waals surface area (Å²) < 4.78 is 3.74. The van der Waals surface area contributed by atoms with Crippen LogP contribution in [0.25, 0.3) is 6.08 Å². The van der Waals surface area contributed by atoms with E-state index in [1.807, 2.05) is 0 Å². The molecule has 9 heteroatoms. The lowest BCUT2D eigenvalue weighted by molar-refractivity contribution is -0.113. The molecule has 3 rings (SSSR count). The fourth-order valence-electron chi connectivity index (χ4n) is 1.55. The molecular formula is C12H6Cl2N4OS2. The molecule has 2 aromatic rings. The zero-order valence-corrected chi connectivity index (χ0v) is 13.4. The van der Waals surface area contributed by atoms with Crippen LogP contribution in [0.1, 0.15) is 4.88 Å². The summed E-state index contributed by atoms with van der Waals surface area (Å²) in [5, 5.41) is 8.04. The number of para-hydroxylation sites is 1. The Hall–Kier alpha value is -1.41. The predicted molar refractivity (Wildman–Crippen MR) is 88.0 cm³/mol. The number of anilines is 1. The molecule has 0 atom stereocenters. The van der Waals surface area contributed by atoms with E-state index >= 15 is 0 Å². The van der Waals surface area contributed by atoms with Crippen LogP contribution in [-0.4, -0.2) is 20.7 Å². The van der Waals surface area contributed by atoms with Gasteiger partial charge in [-0.15, -0.1) is 5.10 Å². The zero-order chi connectivity index (χ0) is 14.8. The van der Waals surface area contributed by atoms with Crippen LogP contribution in [0.2, 0.25) is 10.0 Å². The fraction of sp³-hybridized carbons (Fsp3) is 0. The molecule has 21 heavy (non-hydrogen) atoms. The minimum Gasteiger partial charge on any atom is -0.332 e. The van der Waals surface area contributed by atoms with E-state index in [-0.39, 0.29) is 5.91 Å². The van der Waals surface area contributed by atoms with Crippen molar-refractivity contribution in [1.29, 1.82) is 0 Å². The van der Waals surface area contributed by atoms with Crippen LogP contribution in [0.5, 0.6) is 0 Å². The van der Waals surface area contributed by atoms with Crippen molar-refractivity contribution in [2.45, 2.75) is 0 Å². The van der Waals surface area contributed by atoms with Gasteiger partial charge in [-0.2, -0.15) is 4.99 Å². The van der Waals surface area contributed by atoms with Crippen LogP contribution in [0.15, 0.2) is 34.3 Å². The van der Waals surface area contributed by atoms with E-state index in [0.29, 0.717) is 25.8 Å². The Bertz CT molecular complexity index is 738. The maximum absolute atomic E-state index is 11.9. The highest BCUT2D eigenvalue weighted by atomic mass is 35.5. The van der Waals surface area contributed by atoms with E-state index < -0.39 is 0 Å². The molecule has 0 fully saturated rings. The van der Waals surface area contributed by atoms with Crippen molar-refractivity contribution in [3.05, 3.63) is 44.2 Å². The lowest BCUT2D eigenvalue weighted by Crippen LogP contribution is -2.05. The first-order chi connectivity index (χ1) is 10.1. The lowest BCUT2D eigenvalue weighted by Gasteiger charge is -2.08. The second-order valence-corrected chi connectivity index (χ2v) is 6.54. The van der Waals surface area contributed by atoms with Crippen LogP contribution in [-0.2, 0) is 4.79 Å². The molecule has 1 aromatic heterocycles. The summed E-state index contributed by atoms with van der Waals surface area (Å²) in [4.78, 5) is 17.1. The van der Waals surface area contributed by atoms with Crippen molar-refractivity contribution in [3.8, 4) is 0 Å². The molecule has 0 saturated carbocycles. The number of amides is 1. The molecular weight excluding hydrogens is 351 g/mol. The molecule has 1 aromatic carbocycles. The second-order valence-electron chi connectivity index (χ2n) is 3.87. The van der Waals surface area contributed by atoms with Gasteiger partial charge in [-0.3, -0.25) is 4.79 Å². The van der Waals surface area contributed by atoms with Gasteiger partial charge in [-0.1, -0.05) is 33.8 Å². The van der Waals surface area contributed by atoms with E-state index in [2.05, 4.69) is 19.9 Å². The molecule has 1 N–H and O–H groups in total. The van der Waals surface area contributed by atoms with Gasteiger partial charge in [0.05, 0.1) is 31.7 Å². The molecule has 0 saturated heterocycles.